The van der Waals surface area contributed by atoms with E-state index in [1.54, 1.807) is 18.2 Å². The number of carbonyl (C=O) groups excluding carboxylic acids is 1. The zero-order valence-electron chi connectivity index (χ0n) is 16.3. The largest absolute Gasteiger partial charge is 0.393 e. The van der Waals surface area contributed by atoms with Crippen molar-refractivity contribution >= 4 is 34.6 Å². The highest BCUT2D eigenvalue weighted by Crippen LogP contribution is 2.37. The fraction of sp³-hybridized carbons (Fsp3) is 0.350. The molecule has 0 saturated carbocycles. The maximum absolute atomic E-state index is 15.4. The van der Waals surface area contributed by atoms with Gasteiger partial charge in [-0.25, -0.2) is 18.6 Å². The van der Waals surface area contributed by atoms with Crippen molar-refractivity contribution in [1.29, 1.82) is 0 Å². The van der Waals surface area contributed by atoms with Gasteiger partial charge < -0.3 is 20.1 Å². The third-order valence-corrected chi connectivity index (χ3v) is 5.59. The molecule has 3 heterocycles. The number of pyridine rings is 1. The Kier molecular flexibility index (Phi) is 5.78. The highest BCUT2D eigenvalue weighted by Gasteiger charge is 2.41. The number of hydrogen-bond donors (Lipinski definition) is 4. The first-order chi connectivity index (χ1) is 14.8. The lowest BCUT2D eigenvalue weighted by Crippen LogP contribution is -2.45. The molecule has 2 aromatic heterocycles. The molecular formula is C20H20ClF2N5O3. The van der Waals surface area contributed by atoms with Gasteiger partial charge in [0.2, 0.25) is 5.95 Å². The van der Waals surface area contributed by atoms with Crippen molar-refractivity contribution in [2.75, 3.05) is 25.0 Å². The van der Waals surface area contributed by atoms with Crippen LogP contribution in [0, 0.1) is 5.82 Å². The third-order valence-electron chi connectivity index (χ3n) is 5.36. The molecule has 4 rings (SSSR count). The number of anilines is 1. The number of aromatic nitrogens is 3. The maximum Gasteiger partial charge on any atom is 0.324 e. The van der Waals surface area contributed by atoms with Gasteiger partial charge in [-0.2, -0.15) is 0 Å². The zero-order valence-corrected chi connectivity index (χ0v) is 17.0. The van der Waals surface area contributed by atoms with Crippen LogP contribution >= 0.6 is 11.6 Å². The van der Waals surface area contributed by atoms with Crippen LogP contribution in [-0.4, -0.2) is 55.8 Å². The highest BCUT2D eigenvalue weighted by molar-refractivity contribution is 6.31. The quantitative estimate of drug-likeness (QED) is 0.486. The molecule has 1 aliphatic rings. The van der Waals surface area contributed by atoms with Gasteiger partial charge in [-0.15, -0.1) is 0 Å². The molecule has 31 heavy (non-hydrogen) atoms. The number of nitrogens with zero attached hydrogens (tertiary/aromatic N) is 3. The summed E-state index contributed by atoms with van der Waals surface area (Å²) in [6.07, 6.45) is -0.413. The maximum atomic E-state index is 15.4. The summed E-state index contributed by atoms with van der Waals surface area (Å²) in [6, 6.07) is 5.60. The number of H-pyrrole nitrogens is 1. The molecule has 1 fully saturated rings. The minimum Gasteiger partial charge on any atom is -0.393 e. The van der Waals surface area contributed by atoms with Crippen LogP contribution in [-0.2, 0) is 5.67 Å². The molecule has 3 aromatic rings. The Bertz CT molecular complexity index is 1120. The first-order valence-corrected chi connectivity index (χ1v) is 10.0. The fourth-order valence-electron chi connectivity index (χ4n) is 3.59. The van der Waals surface area contributed by atoms with Crippen LogP contribution in [0.3, 0.4) is 0 Å². The molecule has 0 unspecified atom stereocenters. The summed E-state index contributed by atoms with van der Waals surface area (Å²) >= 11 is 5.94. The van der Waals surface area contributed by atoms with E-state index in [0.29, 0.717) is 16.1 Å². The second-order valence-corrected chi connectivity index (χ2v) is 7.86. The number of carbonyl (C=O) groups is 1. The van der Waals surface area contributed by atoms with E-state index in [0.717, 1.165) is 12.3 Å². The summed E-state index contributed by atoms with van der Waals surface area (Å²) in [7, 11) is 0. The van der Waals surface area contributed by atoms with Crippen molar-refractivity contribution in [3.63, 3.8) is 0 Å². The van der Waals surface area contributed by atoms with Gasteiger partial charge in [0.05, 0.1) is 17.6 Å². The molecule has 2 amide bonds. The van der Waals surface area contributed by atoms with E-state index in [2.05, 4.69) is 20.3 Å². The summed E-state index contributed by atoms with van der Waals surface area (Å²) in [5, 5.41) is 21.7. The summed E-state index contributed by atoms with van der Waals surface area (Å²) in [5.74, 6) is -0.656. The predicted molar refractivity (Wildman–Crippen MR) is 110 cm³/mol. The number of piperidine rings is 1. The molecule has 8 nitrogen and oxygen atoms in total. The van der Waals surface area contributed by atoms with Gasteiger partial charge in [0.1, 0.15) is 17.6 Å². The number of hydrogen-bond acceptors (Lipinski definition) is 5. The van der Waals surface area contributed by atoms with Gasteiger partial charge in [-0.1, -0.05) is 11.6 Å². The number of aliphatic hydroxyl groups excluding tert-OH is 2. The molecule has 0 spiro atoms. The van der Waals surface area contributed by atoms with E-state index in [-0.39, 0.29) is 43.1 Å². The molecule has 1 saturated heterocycles. The van der Waals surface area contributed by atoms with Crippen LogP contribution in [0.5, 0.6) is 0 Å². The van der Waals surface area contributed by atoms with Crippen molar-refractivity contribution in [2.24, 2.45) is 0 Å². The van der Waals surface area contributed by atoms with E-state index in [1.165, 1.54) is 4.90 Å². The number of aliphatic hydroxyl groups is 2. The summed E-state index contributed by atoms with van der Waals surface area (Å²) < 4.78 is 29.9. The molecular weight excluding hydrogens is 432 g/mol. The summed E-state index contributed by atoms with van der Waals surface area (Å²) in [6.45, 7) is -0.489. The van der Waals surface area contributed by atoms with E-state index in [1.807, 2.05) is 0 Å². The number of rotatable bonds is 4. The van der Waals surface area contributed by atoms with Crippen LogP contribution in [0.25, 0.3) is 11.0 Å². The Morgan fingerprint density at radius 1 is 1.35 bits per heavy atom. The lowest BCUT2D eigenvalue weighted by atomic mass is 9.89. The SMILES string of the molecule is O=C(Nc1nc2ccc(Cl)cc2[nH]1)N1CCC(F)(c2ncc([C@H](O)CO)cc2F)CC1. The van der Waals surface area contributed by atoms with Gasteiger partial charge in [0, 0.05) is 42.7 Å². The minimum absolute atomic E-state index is 0.0521. The number of halogens is 3. The van der Waals surface area contributed by atoms with Gasteiger partial charge >= 0.3 is 6.03 Å². The topological polar surface area (TPSA) is 114 Å². The number of urea groups is 1. The van der Waals surface area contributed by atoms with Crippen molar-refractivity contribution in [1.82, 2.24) is 19.9 Å². The van der Waals surface area contributed by atoms with E-state index in [4.69, 9.17) is 16.7 Å². The average Bonchev–Trinajstić information content (AvgIpc) is 3.14. The molecule has 1 atom stereocenters. The smallest absolute Gasteiger partial charge is 0.324 e. The van der Waals surface area contributed by atoms with Gasteiger partial charge in [-0.3, -0.25) is 10.3 Å². The molecule has 0 bridgehead atoms. The van der Waals surface area contributed by atoms with Crippen LogP contribution in [0.4, 0.5) is 19.5 Å². The van der Waals surface area contributed by atoms with Crippen molar-refractivity contribution < 1.29 is 23.8 Å². The van der Waals surface area contributed by atoms with Gasteiger partial charge in [0.15, 0.2) is 5.67 Å². The van der Waals surface area contributed by atoms with Crippen LogP contribution in [0.2, 0.25) is 5.02 Å². The van der Waals surface area contributed by atoms with Crippen LogP contribution < -0.4 is 5.32 Å². The Morgan fingerprint density at radius 2 is 2.10 bits per heavy atom. The normalized spacial score (nSPS) is 17.0. The first kappa shape index (κ1) is 21.4. The predicted octanol–water partition coefficient (Wildman–Crippen LogP) is 3.27. The fourth-order valence-corrected chi connectivity index (χ4v) is 3.76. The molecule has 4 N–H and O–H groups in total. The van der Waals surface area contributed by atoms with Gasteiger partial charge in [-0.05, 0) is 24.3 Å². The number of benzene rings is 1. The lowest BCUT2D eigenvalue weighted by molar-refractivity contribution is 0.0639. The number of imidazole rings is 1. The van der Waals surface area contributed by atoms with E-state index < -0.39 is 30.2 Å². The molecule has 11 heteroatoms. The van der Waals surface area contributed by atoms with Crippen LogP contribution in [0.1, 0.15) is 30.2 Å². The molecule has 0 radical (unpaired) electrons. The Hall–Kier alpha value is -2.82. The standard InChI is InChI=1S/C20H20ClF2N5O3/c21-12-1-2-14-15(8-12)26-18(25-14)27-19(31)28-5-3-20(23,4-6-28)17-13(22)7-11(9-24-17)16(30)10-29/h1-2,7-9,16,29-30H,3-6,10H2,(H2,25,26,27,31)/t16-/m1/s1. The summed E-state index contributed by atoms with van der Waals surface area (Å²) in [4.78, 5) is 25.0. The number of amides is 2. The molecule has 1 aromatic carbocycles. The number of alkyl halides is 1. The molecule has 0 aliphatic carbocycles. The Balaban J connectivity index is 1.41. The Labute approximate surface area is 180 Å². The second kappa shape index (κ2) is 8.37. The van der Waals surface area contributed by atoms with Crippen molar-refractivity contribution in [3.05, 3.63) is 52.6 Å². The molecule has 164 valence electrons. The highest BCUT2D eigenvalue weighted by atomic mass is 35.5. The first-order valence-electron chi connectivity index (χ1n) is 9.64. The second-order valence-electron chi connectivity index (χ2n) is 7.43. The van der Waals surface area contributed by atoms with Crippen molar-refractivity contribution in [3.8, 4) is 0 Å². The zero-order chi connectivity index (χ0) is 22.2. The minimum atomic E-state index is -2.04. The number of likely N-dealkylation sites (tertiary alicyclic amines) is 1. The van der Waals surface area contributed by atoms with Crippen LogP contribution in [0.15, 0.2) is 30.5 Å². The van der Waals surface area contributed by atoms with E-state index >= 15 is 4.39 Å². The molecule has 1 aliphatic heterocycles. The average molecular weight is 452 g/mol. The lowest BCUT2D eigenvalue weighted by Gasteiger charge is -2.36. The number of nitrogens with one attached hydrogen (secondary N) is 2. The van der Waals surface area contributed by atoms with Gasteiger partial charge in [0.25, 0.3) is 0 Å². The number of aromatic amines is 1. The Morgan fingerprint density at radius 3 is 2.77 bits per heavy atom. The van der Waals surface area contributed by atoms with E-state index in [9.17, 15) is 14.3 Å². The third kappa shape index (κ3) is 4.32. The monoisotopic (exact) mass is 451 g/mol. The number of fused-ring (bicyclic) bond motifs is 1. The summed E-state index contributed by atoms with van der Waals surface area (Å²) in [5.41, 5.74) is -1.04. The van der Waals surface area contributed by atoms with Crippen molar-refractivity contribution in [2.45, 2.75) is 24.6 Å².